The zero-order chi connectivity index (χ0) is 26.7. The molecule has 3 aliphatic carbocycles. The number of hydrogen-bond acceptors (Lipinski definition) is 6. The van der Waals surface area contributed by atoms with Crippen LogP contribution < -0.4 is 0 Å². The fraction of sp³-hybridized carbons (Fsp3) is 0.862. The van der Waals surface area contributed by atoms with Crippen LogP contribution in [0.1, 0.15) is 94.9 Å². The normalized spacial score (nSPS) is 47.4. The molecule has 6 heteroatoms. The zero-order valence-corrected chi connectivity index (χ0v) is 23.5. The number of carbonyl (C=O) groups excluding carboxylic acids is 2. The molecule has 0 bridgehead atoms. The molecule has 0 saturated heterocycles. The minimum Gasteiger partial charge on any atom is -0.459 e. The Hall–Kier alpha value is -1.40. The van der Waals surface area contributed by atoms with Crippen molar-refractivity contribution in [2.24, 2.45) is 39.9 Å². The summed E-state index contributed by atoms with van der Waals surface area (Å²) in [6.07, 6.45) is 2.92. The van der Waals surface area contributed by atoms with Gasteiger partial charge in [0.15, 0.2) is 0 Å². The smallest absolute Gasteiger partial charge is 0.303 e. The van der Waals surface area contributed by atoms with Crippen LogP contribution in [0, 0.1) is 39.9 Å². The van der Waals surface area contributed by atoms with Crippen molar-refractivity contribution in [2.75, 3.05) is 0 Å². The average Bonchev–Trinajstić information content (AvgIpc) is 2.72. The first-order chi connectivity index (χ1) is 16.1. The molecule has 3 aliphatic rings. The number of aliphatic hydroxyl groups is 2. The van der Waals surface area contributed by atoms with Gasteiger partial charge in [0.2, 0.25) is 0 Å². The highest BCUT2D eigenvalue weighted by molar-refractivity contribution is 5.67. The van der Waals surface area contributed by atoms with E-state index in [0.717, 1.165) is 31.3 Å². The third kappa shape index (κ3) is 3.80. The first-order valence-electron chi connectivity index (χ1n) is 13.5. The van der Waals surface area contributed by atoms with Gasteiger partial charge in [-0.2, -0.15) is 0 Å². The number of fused-ring (bicyclic) bond motifs is 3. The summed E-state index contributed by atoms with van der Waals surface area (Å²) >= 11 is 0. The quantitative estimate of drug-likeness (QED) is 0.412. The fourth-order valence-electron chi connectivity index (χ4n) is 9.55. The minimum atomic E-state index is -1.09. The number of rotatable bonds is 5. The first kappa shape index (κ1) is 28.2. The van der Waals surface area contributed by atoms with Gasteiger partial charge in [-0.1, -0.05) is 48.0 Å². The van der Waals surface area contributed by atoms with Crippen LogP contribution in [0.3, 0.4) is 0 Å². The Morgan fingerprint density at radius 3 is 2.14 bits per heavy atom. The molecule has 2 N–H and O–H groups in total. The predicted molar refractivity (Wildman–Crippen MR) is 135 cm³/mol. The largest absolute Gasteiger partial charge is 0.459 e. The van der Waals surface area contributed by atoms with E-state index in [1.807, 2.05) is 19.9 Å². The number of aliphatic hydroxyl groups excluding tert-OH is 1. The van der Waals surface area contributed by atoms with Crippen LogP contribution in [0.15, 0.2) is 11.6 Å². The molecule has 0 spiro atoms. The summed E-state index contributed by atoms with van der Waals surface area (Å²) < 4.78 is 12.0. The Labute approximate surface area is 211 Å². The minimum absolute atomic E-state index is 0.172. The van der Waals surface area contributed by atoms with Gasteiger partial charge in [-0.15, -0.1) is 0 Å². The van der Waals surface area contributed by atoms with Gasteiger partial charge >= 0.3 is 11.9 Å². The molecule has 2 fully saturated rings. The van der Waals surface area contributed by atoms with Crippen molar-refractivity contribution in [3.8, 4) is 0 Å². The Kier molecular flexibility index (Phi) is 7.38. The van der Waals surface area contributed by atoms with Crippen molar-refractivity contribution in [1.82, 2.24) is 0 Å². The lowest BCUT2D eigenvalue weighted by molar-refractivity contribution is -0.297. The first-order valence-corrected chi connectivity index (χ1v) is 13.5. The molecule has 35 heavy (non-hydrogen) atoms. The fourth-order valence-corrected chi connectivity index (χ4v) is 9.55. The second-order valence-corrected chi connectivity index (χ2v) is 12.6. The number of esters is 2. The molecule has 0 aromatic heterocycles. The standard InChI is InChI=1S/C29H48O6/c1-11-20-26(8)14-13-21-27(9,22(34-18(6)30)15-17(5)28(21,10)33)24(26)23(32)25(35-19(7)31)29(20,12-2)16(3)4/h15-16,20-25,32-33H,11-14H2,1-10H3. The van der Waals surface area contributed by atoms with Crippen LogP contribution in [0.2, 0.25) is 0 Å². The Bertz CT molecular complexity index is 876. The molecule has 10 atom stereocenters. The Balaban J connectivity index is 2.33. The van der Waals surface area contributed by atoms with E-state index in [-0.39, 0.29) is 35.1 Å². The molecule has 10 unspecified atom stereocenters. The van der Waals surface area contributed by atoms with Gasteiger partial charge in [-0.05, 0) is 62.0 Å². The van der Waals surface area contributed by atoms with Gasteiger partial charge in [0.05, 0.1) is 11.7 Å². The Morgan fingerprint density at radius 1 is 1.11 bits per heavy atom. The maximum absolute atomic E-state index is 12.4. The number of hydrogen-bond donors (Lipinski definition) is 2. The summed E-state index contributed by atoms with van der Waals surface area (Å²) in [5.74, 6) is -0.994. The number of ether oxygens (including phenoxy) is 2. The third-order valence-electron chi connectivity index (χ3n) is 10.9. The lowest BCUT2D eigenvalue weighted by Crippen LogP contribution is -2.74. The molecule has 0 aromatic carbocycles. The van der Waals surface area contributed by atoms with Gasteiger partial charge in [-0.25, -0.2) is 0 Å². The van der Waals surface area contributed by atoms with Gasteiger partial charge in [0.25, 0.3) is 0 Å². The topological polar surface area (TPSA) is 93.1 Å². The zero-order valence-electron chi connectivity index (χ0n) is 23.5. The lowest BCUT2D eigenvalue weighted by Gasteiger charge is -2.71. The molecule has 200 valence electrons. The van der Waals surface area contributed by atoms with E-state index in [4.69, 9.17) is 9.47 Å². The molecule has 0 aromatic rings. The van der Waals surface area contributed by atoms with E-state index >= 15 is 0 Å². The number of carbonyl (C=O) groups is 2. The van der Waals surface area contributed by atoms with Crippen molar-refractivity contribution < 1.29 is 29.3 Å². The molecule has 3 rings (SSSR count). The monoisotopic (exact) mass is 492 g/mol. The Morgan fingerprint density at radius 2 is 1.69 bits per heavy atom. The molecule has 0 amide bonds. The van der Waals surface area contributed by atoms with Gasteiger partial charge in [0, 0.05) is 36.5 Å². The van der Waals surface area contributed by atoms with Crippen molar-refractivity contribution in [1.29, 1.82) is 0 Å². The lowest BCUT2D eigenvalue weighted by atomic mass is 9.35. The van der Waals surface area contributed by atoms with E-state index in [1.165, 1.54) is 13.8 Å². The summed E-state index contributed by atoms with van der Waals surface area (Å²) in [5.41, 5.74) is -1.75. The van der Waals surface area contributed by atoms with Crippen molar-refractivity contribution in [2.45, 2.75) is 119 Å². The summed E-state index contributed by atoms with van der Waals surface area (Å²) in [6, 6.07) is 0. The van der Waals surface area contributed by atoms with Gasteiger partial charge < -0.3 is 19.7 Å². The maximum atomic E-state index is 12.4. The second kappa shape index (κ2) is 9.16. The van der Waals surface area contributed by atoms with Crippen LogP contribution in [-0.4, -0.2) is 46.1 Å². The highest BCUT2D eigenvalue weighted by Gasteiger charge is 2.73. The van der Waals surface area contributed by atoms with E-state index in [1.54, 1.807) is 0 Å². The highest BCUT2D eigenvalue weighted by Crippen LogP contribution is 2.72. The van der Waals surface area contributed by atoms with Crippen molar-refractivity contribution in [3.05, 3.63) is 11.6 Å². The molecule has 0 heterocycles. The van der Waals surface area contributed by atoms with Crippen LogP contribution in [0.5, 0.6) is 0 Å². The SMILES string of the molecule is CCC1C2(C)CCC3C(C)(O)C(C)=CC(OC(C)=O)C3(C)C2C(O)C(OC(C)=O)C1(CC)C(C)C. The summed E-state index contributed by atoms with van der Waals surface area (Å²) in [7, 11) is 0. The maximum Gasteiger partial charge on any atom is 0.303 e. The third-order valence-corrected chi connectivity index (χ3v) is 10.9. The van der Waals surface area contributed by atoms with E-state index in [9.17, 15) is 19.8 Å². The molecule has 2 saturated carbocycles. The van der Waals surface area contributed by atoms with E-state index in [2.05, 4.69) is 41.5 Å². The summed E-state index contributed by atoms with van der Waals surface area (Å²) in [5, 5.41) is 24.0. The molecule has 0 radical (unpaired) electrons. The van der Waals surface area contributed by atoms with E-state index in [0.29, 0.717) is 0 Å². The van der Waals surface area contributed by atoms with Crippen LogP contribution in [0.4, 0.5) is 0 Å². The predicted octanol–water partition coefficient (Wildman–Crippen LogP) is 5.05. The molecule has 0 aliphatic heterocycles. The molecular weight excluding hydrogens is 444 g/mol. The van der Waals surface area contributed by atoms with E-state index < -0.39 is 40.7 Å². The van der Waals surface area contributed by atoms with Crippen LogP contribution in [-0.2, 0) is 19.1 Å². The summed E-state index contributed by atoms with van der Waals surface area (Å²) in [4.78, 5) is 24.6. The average molecular weight is 493 g/mol. The summed E-state index contributed by atoms with van der Waals surface area (Å²) in [6.45, 7) is 19.6. The van der Waals surface area contributed by atoms with Gasteiger partial charge in [0.1, 0.15) is 12.2 Å². The molecular formula is C29H48O6. The van der Waals surface area contributed by atoms with Crippen LogP contribution in [0.25, 0.3) is 0 Å². The molecule has 6 nitrogen and oxygen atoms in total. The van der Waals surface area contributed by atoms with Crippen LogP contribution >= 0.6 is 0 Å². The second-order valence-electron chi connectivity index (χ2n) is 12.6. The van der Waals surface area contributed by atoms with Gasteiger partial charge in [-0.3, -0.25) is 9.59 Å². The highest BCUT2D eigenvalue weighted by atomic mass is 16.6. The van der Waals surface area contributed by atoms with Crippen molar-refractivity contribution in [3.63, 3.8) is 0 Å². The van der Waals surface area contributed by atoms with Crippen molar-refractivity contribution >= 4 is 11.9 Å².